The predicted molar refractivity (Wildman–Crippen MR) is 96.3 cm³/mol. The van der Waals surface area contributed by atoms with Gasteiger partial charge in [-0.1, -0.05) is 33.6 Å². The summed E-state index contributed by atoms with van der Waals surface area (Å²) >= 11 is 3.34. The number of aliphatic hydroxyl groups is 1. The van der Waals surface area contributed by atoms with Crippen LogP contribution < -0.4 is 10.0 Å². The lowest BCUT2D eigenvalue weighted by Gasteiger charge is -2.18. The highest BCUT2D eigenvalue weighted by Crippen LogP contribution is 2.29. The fourth-order valence-electron chi connectivity index (χ4n) is 1.96. The first-order valence-corrected chi connectivity index (χ1v) is 9.36. The molecule has 3 N–H and O–H groups in total. The Kier molecular flexibility index (Phi) is 5.67. The Bertz CT molecular complexity index is 776. The molecule has 5 nitrogen and oxygen atoms in total. The van der Waals surface area contributed by atoms with Crippen molar-refractivity contribution in [2.45, 2.75) is 24.8 Å². The van der Waals surface area contributed by atoms with E-state index in [-0.39, 0.29) is 17.5 Å². The molecule has 0 aliphatic rings. The van der Waals surface area contributed by atoms with Crippen molar-refractivity contribution >= 4 is 37.3 Å². The Morgan fingerprint density at radius 1 is 1.13 bits per heavy atom. The molecule has 124 valence electrons. The lowest BCUT2D eigenvalue weighted by atomic mass is 10.2. The molecule has 0 bridgehead atoms. The molecule has 0 spiro atoms. The van der Waals surface area contributed by atoms with Crippen LogP contribution in [-0.4, -0.2) is 26.2 Å². The summed E-state index contributed by atoms with van der Waals surface area (Å²) < 4.78 is 28.4. The number of aliphatic hydroxyl groups excluding tert-OH is 1. The van der Waals surface area contributed by atoms with E-state index in [4.69, 9.17) is 5.11 Å². The fraction of sp³-hybridized carbons (Fsp3) is 0.250. The van der Waals surface area contributed by atoms with E-state index in [1.165, 1.54) is 0 Å². The second kappa shape index (κ2) is 7.33. The van der Waals surface area contributed by atoms with Gasteiger partial charge >= 0.3 is 0 Å². The van der Waals surface area contributed by atoms with Crippen LogP contribution >= 0.6 is 15.9 Å². The van der Waals surface area contributed by atoms with Gasteiger partial charge in [-0.05, 0) is 44.2 Å². The van der Waals surface area contributed by atoms with E-state index in [0.717, 1.165) is 10.0 Å². The van der Waals surface area contributed by atoms with Crippen LogP contribution in [0.2, 0.25) is 0 Å². The minimum absolute atomic E-state index is 0.0553. The number of hydrogen-bond donors (Lipinski definition) is 3. The van der Waals surface area contributed by atoms with E-state index in [1.54, 1.807) is 49.4 Å². The minimum Gasteiger partial charge on any atom is -0.394 e. The van der Waals surface area contributed by atoms with Gasteiger partial charge in [0.05, 0.1) is 22.9 Å². The molecule has 1 unspecified atom stereocenters. The third-order valence-electron chi connectivity index (χ3n) is 3.23. The average Bonchev–Trinajstić information content (AvgIpc) is 2.50. The first-order valence-electron chi connectivity index (χ1n) is 7.08. The van der Waals surface area contributed by atoms with Crippen LogP contribution in [0.3, 0.4) is 0 Å². The number of aryl methyl sites for hydroxylation is 1. The van der Waals surface area contributed by atoms with E-state index >= 15 is 0 Å². The summed E-state index contributed by atoms with van der Waals surface area (Å²) in [5.74, 6) is 0. The van der Waals surface area contributed by atoms with Gasteiger partial charge < -0.3 is 10.4 Å². The Hall–Kier alpha value is -1.57. The molecule has 23 heavy (non-hydrogen) atoms. The van der Waals surface area contributed by atoms with E-state index in [9.17, 15) is 8.42 Å². The highest BCUT2D eigenvalue weighted by Gasteiger charge is 2.17. The molecule has 0 saturated carbocycles. The van der Waals surface area contributed by atoms with Gasteiger partial charge in [-0.15, -0.1) is 0 Å². The van der Waals surface area contributed by atoms with Crippen LogP contribution in [0.4, 0.5) is 11.4 Å². The number of benzene rings is 2. The lowest BCUT2D eigenvalue weighted by Crippen LogP contribution is -2.21. The lowest BCUT2D eigenvalue weighted by molar-refractivity contribution is 0.281. The second-order valence-corrected chi connectivity index (χ2v) is 7.93. The van der Waals surface area contributed by atoms with Crippen LogP contribution in [0, 0.1) is 6.92 Å². The van der Waals surface area contributed by atoms with Gasteiger partial charge in [-0.2, -0.15) is 0 Å². The van der Waals surface area contributed by atoms with E-state index < -0.39 is 10.0 Å². The summed E-state index contributed by atoms with van der Waals surface area (Å²) in [5.41, 5.74) is 2.01. The first-order chi connectivity index (χ1) is 10.8. The first kappa shape index (κ1) is 17.8. The van der Waals surface area contributed by atoms with Crippen LogP contribution in [0.15, 0.2) is 51.8 Å². The Balaban J connectivity index is 2.34. The minimum atomic E-state index is -3.69. The number of halogens is 1. The smallest absolute Gasteiger partial charge is 0.261 e. The van der Waals surface area contributed by atoms with Crippen molar-refractivity contribution in [3.8, 4) is 0 Å². The number of rotatable bonds is 6. The Labute approximate surface area is 144 Å². The van der Waals surface area contributed by atoms with Crippen molar-refractivity contribution in [1.29, 1.82) is 0 Å². The van der Waals surface area contributed by atoms with Gasteiger partial charge in [-0.25, -0.2) is 8.42 Å². The van der Waals surface area contributed by atoms with Gasteiger partial charge in [0.2, 0.25) is 0 Å². The van der Waals surface area contributed by atoms with Crippen molar-refractivity contribution in [2.75, 3.05) is 16.6 Å². The van der Waals surface area contributed by atoms with Crippen LogP contribution in [0.1, 0.15) is 12.5 Å². The number of sulfonamides is 1. The van der Waals surface area contributed by atoms with Crippen molar-refractivity contribution in [2.24, 2.45) is 0 Å². The summed E-state index contributed by atoms with van der Waals surface area (Å²) in [7, 11) is -3.69. The summed E-state index contributed by atoms with van der Waals surface area (Å²) in [6.45, 7) is 3.65. The van der Waals surface area contributed by atoms with E-state index in [2.05, 4.69) is 26.0 Å². The Morgan fingerprint density at radius 2 is 1.78 bits per heavy atom. The zero-order chi connectivity index (χ0) is 17.0. The maximum atomic E-state index is 12.5. The molecule has 0 aliphatic heterocycles. The monoisotopic (exact) mass is 398 g/mol. The molecule has 0 aliphatic carbocycles. The number of nitrogens with one attached hydrogen (secondary N) is 2. The molecule has 2 aromatic carbocycles. The van der Waals surface area contributed by atoms with Gasteiger partial charge in [-0.3, -0.25) is 4.72 Å². The molecular weight excluding hydrogens is 380 g/mol. The van der Waals surface area contributed by atoms with Gasteiger partial charge in [0, 0.05) is 10.5 Å². The number of hydrogen-bond acceptors (Lipinski definition) is 4. The standard InChI is InChI=1S/C16H19BrN2O3S/c1-11-3-6-14(7-4-11)23(21,22)19-16-9-13(17)5-8-15(16)18-12(2)10-20/h3-9,12,18-20H,10H2,1-2H3. The maximum absolute atomic E-state index is 12.5. The van der Waals surface area contributed by atoms with Crippen LogP contribution in [0.5, 0.6) is 0 Å². The molecule has 0 heterocycles. The van der Waals surface area contributed by atoms with E-state index in [1.807, 2.05) is 6.92 Å². The SMILES string of the molecule is Cc1ccc(S(=O)(=O)Nc2cc(Br)ccc2NC(C)CO)cc1. The molecular formula is C16H19BrN2O3S. The third kappa shape index (κ3) is 4.70. The highest BCUT2D eigenvalue weighted by molar-refractivity contribution is 9.10. The predicted octanol–water partition coefficient (Wildman–Crippen LogP) is 3.35. The molecule has 0 saturated heterocycles. The summed E-state index contributed by atoms with van der Waals surface area (Å²) in [6, 6.07) is 11.7. The van der Waals surface area contributed by atoms with Gasteiger partial charge in [0.1, 0.15) is 0 Å². The van der Waals surface area contributed by atoms with Crippen molar-refractivity contribution in [3.05, 3.63) is 52.5 Å². The van der Waals surface area contributed by atoms with Gasteiger partial charge in [0.15, 0.2) is 0 Å². The third-order valence-corrected chi connectivity index (χ3v) is 5.11. The van der Waals surface area contributed by atoms with Gasteiger partial charge in [0.25, 0.3) is 10.0 Å². The fourth-order valence-corrected chi connectivity index (χ4v) is 3.39. The topological polar surface area (TPSA) is 78.4 Å². The summed E-state index contributed by atoms with van der Waals surface area (Å²) in [4.78, 5) is 0.198. The second-order valence-electron chi connectivity index (χ2n) is 5.34. The zero-order valence-electron chi connectivity index (χ0n) is 12.9. The van der Waals surface area contributed by atoms with E-state index in [0.29, 0.717) is 11.4 Å². The Morgan fingerprint density at radius 3 is 2.39 bits per heavy atom. The number of anilines is 2. The van der Waals surface area contributed by atoms with Crippen LogP contribution in [0.25, 0.3) is 0 Å². The molecule has 0 aromatic heterocycles. The average molecular weight is 399 g/mol. The summed E-state index contributed by atoms with van der Waals surface area (Å²) in [6.07, 6.45) is 0. The zero-order valence-corrected chi connectivity index (χ0v) is 15.3. The molecule has 2 aromatic rings. The molecule has 0 amide bonds. The molecule has 1 atom stereocenters. The molecule has 0 fully saturated rings. The molecule has 2 rings (SSSR count). The molecule has 7 heteroatoms. The maximum Gasteiger partial charge on any atom is 0.261 e. The largest absolute Gasteiger partial charge is 0.394 e. The summed E-state index contributed by atoms with van der Waals surface area (Å²) in [5, 5.41) is 12.2. The molecule has 0 radical (unpaired) electrons. The quantitative estimate of drug-likeness (QED) is 0.696. The van der Waals surface area contributed by atoms with Crippen molar-refractivity contribution in [1.82, 2.24) is 0 Å². The van der Waals surface area contributed by atoms with Crippen molar-refractivity contribution in [3.63, 3.8) is 0 Å². The normalized spacial score (nSPS) is 12.7. The van der Waals surface area contributed by atoms with Crippen molar-refractivity contribution < 1.29 is 13.5 Å². The highest BCUT2D eigenvalue weighted by atomic mass is 79.9. The van der Waals surface area contributed by atoms with Crippen LogP contribution in [-0.2, 0) is 10.0 Å².